The maximum Gasteiger partial charge on any atom is 0.335 e. The number of carboxylic acids is 1. The molecule has 1 saturated heterocycles. The Morgan fingerprint density at radius 1 is 1.08 bits per heavy atom. The van der Waals surface area contributed by atoms with Crippen LogP contribution in [0.5, 0.6) is 5.75 Å². The minimum Gasteiger partial charge on any atom is -0.497 e. The topological polar surface area (TPSA) is 105 Å². The van der Waals surface area contributed by atoms with Gasteiger partial charge in [0.15, 0.2) is 0 Å². The summed E-state index contributed by atoms with van der Waals surface area (Å²) in [4.78, 5) is 12.0. The van der Waals surface area contributed by atoms with Crippen molar-refractivity contribution in [2.24, 2.45) is 0 Å². The van der Waals surface area contributed by atoms with Crippen molar-refractivity contribution in [1.82, 2.24) is 8.87 Å². The highest BCUT2D eigenvalue weighted by Crippen LogP contribution is 2.64. The highest BCUT2D eigenvalue weighted by atomic mass is 32.2. The number of sulfonamides is 1. The first-order valence-corrected chi connectivity index (χ1v) is 15.7. The van der Waals surface area contributed by atoms with Gasteiger partial charge in [-0.15, -0.1) is 0 Å². The van der Waals surface area contributed by atoms with E-state index in [-0.39, 0.29) is 11.5 Å². The molecule has 2 aromatic carbocycles. The number of aromatic carboxylic acids is 1. The van der Waals surface area contributed by atoms with Crippen LogP contribution in [0, 0.1) is 0 Å². The van der Waals surface area contributed by atoms with Crippen molar-refractivity contribution in [3.63, 3.8) is 0 Å². The van der Waals surface area contributed by atoms with Crippen LogP contribution in [-0.4, -0.2) is 66.4 Å². The zero-order valence-corrected chi connectivity index (χ0v) is 23.2. The van der Waals surface area contributed by atoms with E-state index < -0.39 is 20.7 Å². The van der Waals surface area contributed by atoms with Gasteiger partial charge >= 0.3 is 5.97 Å². The Hall–Kier alpha value is -2.88. The number of carbonyl (C=O) groups is 1. The van der Waals surface area contributed by atoms with Crippen LogP contribution in [0.2, 0.25) is 0 Å². The van der Waals surface area contributed by atoms with Gasteiger partial charge in [-0.1, -0.05) is 25.3 Å². The second kappa shape index (κ2) is 9.08. The lowest BCUT2D eigenvalue weighted by Crippen LogP contribution is -2.90. The number of piperazine rings is 1. The van der Waals surface area contributed by atoms with Crippen LogP contribution in [0.25, 0.3) is 22.2 Å². The zero-order chi connectivity index (χ0) is 26.9. The minimum absolute atomic E-state index is 0.129. The molecular weight excluding hydrogens is 514 g/mol. The maximum atomic E-state index is 14.4. The van der Waals surface area contributed by atoms with Crippen LogP contribution >= 0.6 is 0 Å². The number of fused-ring (bicyclic) bond motifs is 7. The van der Waals surface area contributed by atoms with Crippen molar-refractivity contribution in [3.8, 4) is 17.0 Å². The van der Waals surface area contributed by atoms with Gasteiger partial charge in [0.1, 0.15) is 10.5 Å². The lowest BCUT2D eigenvalue weighted by molar-refractivity contribution is -0.661. The van der Waals surface area contributed by atoms with Crippen molar-refractivity contribution in [2.45, 2.75) is 61.7 Å². The molecule has 9 heteroatoms. The number of carboxylic acid groups (broad SMARTS) is 1. The standard InChI is InChI=1S/C30H35N3O5S/c1-38-21-8-10-22-24(16-21)25-17-30(25,39(36,37)32-13-11-31-12-14-32)18-33-26-15-20(29(34)35)7-9-23(26)27(28(22)33)19-5-3-2-4-6-19/h7-10,15-16,19,25,31H,2-6,11-14,17-18H2,1H3,(H,34,35)/p+1. The second-order valence-electron chi connectivity index (χ2n) is 11.8. The molecule has 0 radical (unpaired) electrons. The summed E-state index contributed by atoms with van der Waals surface area (Å²) in [6.45, 7) is 2.93. The van der Waals surface area contributed by atoms with Crippen molar-refractivity contribution in [3.05, 3.63) is 53.1 Å². The molecule has 2 atom stereocenters. The largest absolute Gasteiger partial charge is 0.497 e. The summed E-state index contributed by atoms with van der Waals surface area (Å²) in [6, 6.07) is 11.5. The fraction of sp³-hybridized carbons (Fsp3) is 0.500. The van der Waals surface area contributed by atoms with Gasteiger partial charge < -0.3 is 19.7 Å². The number of nitrogens with two attached hydrogens (primary N) is 1. The van der Waals surface area contributed by atoms with E-state index >= 15 is 0 Å². The maximum absolute atomic E-state index is 14.4. The van der Waals surface area contributed by atoms with Gasteiger partial charge in [0, 0.05) is 28.9 Å². The molecule has 3 N–H and O–H groups in total. The molecular formula is C30H36N3O5S+. The summed E-state index contributed by atoms with van der Waals surface area (Å²) < 4.78 is 37.4. The van der Waals surface area contributed by atoms with E-state index in [2.05, 4.69) is 16.0 Å². The Bertz CT molecular complexity index is 1580. The van der Waals surface area contributed by atoms with Crippen LogP contribution < -0.4 is 10.1 Å². The summed E-state index contributed by atoms with van der Waals surface area (Å²) in [6.07, 6.45) is 6.33. The van der Waals surface area contributed by atoms with Crippen LogP contribution in [0.4, 0.5) is 0 Å². The first-order valence-electron chi connectivity index (χ1n) is 14.2. The third kappa shape index (κ3) is 3.69. The summed E-state index contributed by atoms with van der Waals surface area (Å²) in [7, 11) is -1.96. The molecule has 0 amide bonds. The molecule has 206 valence electrons. The smallest absolute Gasteiger partial charge is 0.335 e. The van der Waals surface area contributed by atoms with Crippen molar-refractivity contribution in [1.29, 1.82) is 0 Å². The van der Waals surface area contributed by atoms with E-state index in [9.17, 15) is 18.3 Å². The van der Waals surface area contributed by atoms with E-state index in [1.165, 1.54) is 24.8 Å². The number of quaternary nitrogens is 1. The number of nitrogens with zero attached hydrogens (tertiary/aromatic N) is 2. The van der Waals surface area contributed by atoms with Crippen LogP contribution in [0.3, 0.4) is 0 Å². The molecule has 2 saturated carbocycles. The number of rotatable bonds is 5. The Balaban J connectivity index is 1.52. The Morgan fingerprint density at radius 3 is 2.56 bits per heavy atom. The number of aromatic nitrogens is 1. The predicted octanol–water partition coefficient (Wildman–Crippen LogP) is 3.51. The minimum atomic E-state index is -3.61. The average Bonchev–Trinajstić information content (AvgIpc) is 3.65. The molecule has 0 spiro atoms. The number of ether oxygens (including phenoxy) is 1. The number of methoxy groups -OCH3 is 1. The van der Waals surface area contributed by atoms with Gasteiger partial charge in [-0.25, -0.2) is 13.2 Å². The quantitative estimate of drug-likeness (QED) is 0.506. The first-order chi connectivity index (χ1) is 18.9. The van der Waals surface area contributed by atoms with Gasteiger partial charge in [-0.05, 0) is 66.6 Å². The Kier molecular flexibility index (Phi) is 5.84. The molecule has 1 aromatic heterocycles. The van der Waals surface area contributed by atoms with E-state index in [4.69, 9.17) is 4.74 Å². The SMILES string of the molecule is COc1ccc2c(c1)C1CC1(S(=O)(=O)N1CC[NH2+]CC1)Cn1c-2c(C2CCCCC2)c2ccc(C(=O)O)cc21. The fourth-order valence-corrected chi connectivity index (χ4v) is 10.0. The monoisotopic (exact) mass is 550 g/mol. The Morgan fingerprint density at radius 2 is 1.85 bits per heavy atom. The van der Waals surface area contributed by atoms with E-state index in [0.29, 0.717) is 32.0 Å². The summed E-state index contributed by atoms with van der Waals surface area (Å²) in [5.41, 5.74) is 5.50. The molecule has 2 aliphatic carbocycles. The molecule has 8 nitrogen and oxygen atoms in total. The van der Waals surface area contributed by atoms with Crippen LogP contribution in [0.1, 0.15) is 71.8 Å². The summed E-state index contributed by atoms with van der Waals surface area (Å²) in [5.74, 6) is -0.00357. The van der Waals surface area contributed by atoms with E-state index in [1.54, 1.807) is 23.5 Å². The van der Waals surface area contributed by atoms with E-state index in [1.807, 2.05) is 18.2 Å². The Labute approximate surface area is 229 Å². The van der Waals surface area contributed by atoms with E-state index in [0.717, 1.165) is 59.4 Å². The average molecular weight is 551 g/mol. The molecule has 0 bridgehead atoms. The van der Waals surface area contributed by atoms with Crippen molar-refractivity contribution in [2.75, 3.05) is 33.3 Å². The molecule has 39 heavy (non-hydrogen) atoms. The molecule has 2 unspecified atom stereocenters. The highest BCUT2D eigenvalue weighted by molar-refractivity contribution is 7.90. The number of benzene rings is 2. The van der Waals surface area contributed by atoms with Gasteiger partial charge in [0.25, 0.3) is 0 Å². The fourth-order valence-electron chi connectivity index (χ4n) is 7.65. The number of hydrogen-bond donors (Lipinski definition) is 2. The molecule has 2 aliphatic heterocycles. The van der Waals surface area contributed by atoms with Gasteiger partial charge in [-0.3, -0.25) is 0 Å². The highest BCUT2D eigenvalue weighted by Gasteiger charge is 2.67. The third-order valence-electron chi connectivity index (χ3n) is 9.72. The van der Waals surface area contributed by atoms with Crippen LogP contribution in [0.15, 0.2) is 36.4 Å². The van der Waals surface area contributed by atoms with Crippen molar-refractivity contribution >= 4 is 26.9 Å². The van der Waals surface area contributed by atoms with Crippen molar-refractivity contribution < 1.29 is 28.4 Å². The van der Waals surface area contributed by atoms with Gasteiger partial charge in [0.2, 0.25) is 10.0 Å². The van der Waals surface area contributed by atoms with Crippen LogP contribution in [-0.2, 0) is 16.6 Å². The molecule has 3 aromatic rings. The lowest BCUT2D eigenvalue weighted by Gasteiger charge is -2.30. The second-order valence-corrected chi connectivity index (χ2v) is 14.0. The first kappa shape index (κ1) is 25.1. The summed E-state index contributed by atoms with van der Waals surface area (Å²) >= 11 is 0. The number of hydrogen-bond acceptors (Lipinski definition) is 4. The zero-order valence-electron chi connectivity index (χ0n) is 22.4. The molecule has 3 fully saturated rings. The van der Waals surface area contributed by atoms with Gasteiger partial charge in [-0.2, -0.15) is 4.31 Å². The molecule has 7 rings (SSSR count). The summed E-state index contributed by atoms with van der Waals surface area (Å²) in [5, 5.41) is 13.1. The third-order valence-corrected chi connectivity index (χ3v) is 12.4. The normalized spacial score (nSPS) is 25.4. The lowest BCUT2D eigenvalue weighted by atomic mass is 9.81. The van der Waals surface area contributed by atoms with Gasteiger partial charge in [0.05, 0.1) is 44.5 Å². The molecule has 4 aliphatic rings. The predicted molar refractivity (Wildman–Crippen MR) is 149 cm³/mol. The molecule has 3 heterocycles.